The highest BCUT2D eigenvalue weighted by atomic mass is 15.3. The van der Waals surface area contributed by atoms with Gasteiger partial charge in [-0.2, -0.15) is 5.10 Å². The van der Waals surface area contributed by atoms with Gasteiger partial charge in [-0.3, -0.25) is 4.90 Å². The molecule has 0 saturated carbocycles. The van der Waals surface area contributed by atoms with Crippen LogP contribution in [-0.2, 0) is 6.54 Å². The predicted octanol–water partition coefficient (Wildman–Crippen LogP) is 0.947. The zero-order chi connectivity index (χ0) is 14.7. The number of para-hydroxylation sites is 1. The molecule has 1 saturated heterocycles. The van der Waals surface area contributed by atoms with Gasteiger partial charge in [-0.15, -0.1) is 0 Å². The van der Waals surface area contributed by atoms with Gasteiger partial charge in [0.2, 0.25) is 0 Å². The van der Waals surface area contributed by atoms with E-state index in [9.17, 15) is 0 Å². The monoisotopic (exact) mass is 285 g/mol. The lowest BCUT2D eigenvalue weighted by Crippen LogP contribution is -2.54. The topological polar surface area (TPSA) is 50.3 Å². The quantitative estimate of drug-likeness (QED) is 0.908. The van der Waals surface area contributed by atoms with Gasteiger partial charge in [0.25, 0.3) is 0 Å². The third kappa shape index (κ3) is 3.32. The molecule has 2 heterocycles. The summed E-state index contributed by atoms with van der Waals surface area (Å²) in [7, 11) is 2.16. The zero-order valence-corrected chi connectivity index (χ0v) is 12.5. The lowest BCUT2D eigenvalue weighted by atomic mass is 10.1. The van der Waals surface area contributed by atoms with Crippen molar-refractivity contribution < 1.29 is 0 Å². The van der Waals surface area contributed by atoms with Gasteiger partial charge < -0.3 is 10.6 Å². The molecule has 0 spiro atoms. The average Bonchev–Trinajstić information content (AvgIpc) is 2.98. The van der Waals surface area contributed by atoms with Gasteiger partial charge in [-0.05, 0) is 25.2 Å². The summed E-state index contributed by atoms with van der Waals surface area (Å²) in [5, 5.41) is 4.68. The molecule has 5 heteroatoms. The molecule has 2 N–H and O–H groups in total. The van der Waals surface area contributed by atoms with E-state index in [1.54, 1.807) is 0 Å². The fourth-order valence-corrected chi connectivity index (χ4v) is 2.86. The first kappa shape index (κ1) is 14.3. The van der Waals surface area contributed by atoms with E-state index in [0.29, 0.717) is 12.6 Å². The van der Waals surface area contributed by atoms with Crippen molar-refractivity contribution in [3.63, 3.8) is 0 Å². The number of benzene rings is 1. The van der Waals surface area contributed by atoms with Gasteiger partial charge in [-0.25, -0.2) is 4.68 Å². The van der Waals surface area contributed by atoms with Gasteiger partial charge in [0.05, 0.1) is 11.4 Å². The summed E-state index contributed by atoms with van der Waals surface area (Å²) in [5.74, 6) is 0. The molecular formula is C16H23N5. The molecule has 1 atom stereocenters. The third-order valence-corrected chi connectivity index (χ3v) is 4.11. The van der Waals surface area contributed by atoms with Crippen molar-refractivity contribution in [3.05, 3.63) is 48.3 Å². The van der Waals surface area contributed by atoms with Crippen molar-refractivity contribution >= 4 is 0 Å². The number of nitrogens with two attached hydrogens (primary N) is 1. The van der Waals surface area contributed by atoms with E-state index in [1.807, 2.05) is 29.1 Å². The Morgan fingerprint density at radius 2 is 2.00 bits per heavy atom. The molecule has 1 fully saturated rings. The minimum absolute atomic E-state index is 0.422. The van der Waals surface area contributed by atoms with Crippen LogP contribution < -0.4 is 5.73 Å². The molecule has 0 amide bonds. The first-order valence-electron chi connectivity index (χ1n) is 7.49. The normalized spacial score (nSPS) is 20.8. The minimum Gasteiger partial charge on any atom is -0.329 e. The van der Waals surface area contributed by atoms with E-state index in [0.717, 1.165) is 37.6 Å². The number of rotatable bonds is 4. The third-order valence-electron chi connectivity index (χ3n) is 4.11. The highest BCUT2D eigenvalue weighted by Crippen LogP contribution is 2.13. The Morgan fingerprint density at radius 1 is 1.19 bits per heavy atom. The molecule has 112 valence electrons. The molecule has 1 unspecified atom stereocenters. The maximum Gasteiger partial charge on any atom is 0.0769 e. The Bertz CT molecular complexity index is 565. The maximum atomic E-state index is 5.91. The van der Waals surface area contributed by atoms with Crippen molar-refractivity contribution in [2.45, 2.75) is 12.6 Å². The number of aromatic nitrogens is 2. The second-order valence-corrected chi connectivity index (χ2v) is 5.71. The molecule has 1 aromatic heterocycles. The highest BCUT2D eigenvalue weighted by Gasteiger charge is 2.24. The summed E-state index contributed by atoms with van der Waals surface area (Å²) < 4.78 is 1.93. The second-order valence-electron chi connectivity index (χ2n) is 5.71. The van der Waals surface area contributed by atoms with E-state index >= 15 is 0 Å². The SMILES string of the molecule is CN1CCN(Cc2ccn(-c3ccccc3)n2)C(CN)C1. The second kappa shape index (κ2) is 6.39. The zero-order valence-electron chi connectivity index (χ0n) is 12.5. The van der Waals surface area contributed by atoms with Crippen LogP contribution in [0, 0.1) is 0 Å². The van der Waals surface area contributed by atoms with Crippen LogP contribution in [0.15, 0.2) is 42.6 Å². The van der Waals surface area contributed by atoms with Crippen LogP contribution in [0.3, 0.4) is 0 Å². The van der Waals surface area contributed by atoms with Gasteiger partial charge in [-0.1, -0.05) is 18.2 Å². The Kier molecular flexibility index (Phi) is 4.34. The van der Waals surface area contributed by atoms with Crippen LogP contribution in [0.1, 0.15) is 5.69 Å². The van der Waals surface area contributed by atoms with Crippen molar-refractivity contribution in [2.75, 3.05) is 33.2 Å². The molecule has 0 radical (unpaired) electrons. The number of likely N-dealkylation sites (N-methyl/N-ethyl adjacent to an activating group) is 1. The van der Waals surface area contributed by atoms with Crippen molar-refractivity contribution in [1.82, 2.24) is 19.6 Å². The van der Waals surface area contributed by atoms with Gasteiger partial charge in [0.15, 0.2) is 0 Å². The number of hydrogen-bond donors (Lipinski definition) is 1. The van der Waals surface area contributed by atoms with E-state index in [2.05, 4.69) is 40.1 Å². The molecule has 1 aliphatic rings. The average molecular weight is 285 g/mol. The first-order chi connectivity index (χ1) is 10.3. The Balaban J connectivity index is 1.69. The molecule has 0 bridgehead atoms. The van der Waals surface area contributed by atoms with Crippen LogP contribution >= 0.6 is 0 Å². The Labute approximate surface area is 126 Å². The molecule has 0 aliphatic carbocycles. The Morgan fingerprint density at radius 3 is 2.76 bits per heavy atom. The molecule has 1 aliphatic heterocycles. The van der Waals surface area contributed by atoms with Gasteiger partial charge in [0.1, 0.15) is 0 Å². The van der Waals surface area contributed by atoms with Crippen LogP contribution in [0.2, 0.25) is 0 Å². The van der Waals surface area contributed by atoms with Gasteiger partial charge >= 0.3 is 0 Å². The largest absolute Gasteiger partial charge is 0.329 e. The molecular weight excluding hydrogens is 262 g/mol. The Hall–Kier alpha value is -1.69. The standard InChI is InChI=1S/C16H23N5/c1-19-9-10-20(16(11-17)13-19)12-14-7-8-21(18-14)15-5-3-2-4-6-15/h2-8,16H,9-13,17H2,1H3. The molecule has 3 rings (SSSR count). The fourth-order valence-electron chi connectivity index (χ4n) is 2.86. The minimum atomic E-state index is 0.422. The molecule has 21 heavy (non-hydrogen) atoms. The summed E-state index contributed by atoms with van der Waals surface area (Å²) in [4.78, 5) is 4.79. The lowest BCUT2D eigenvalue weighted by molar-refractivity contribution is 0.0869. The maximum absolute atomic E-state index is 5.91. The first-order valence-corrected chi connectivity index (χ1v) is 7.49. The predicted molar refractivity (Wildman–Crippen MR) is 84.3 cm³/mol. The van der Waals surface area contributed by atoms with Crippen LogP contribution in [0.4, 0.5) is 0 Å². The van der Waals surface area contributed by atoms with Crippen LogP contribution in [-0.4, -0.2) is 58.8 Å². The van der Waals surface area contributed by atoms with E-state index in [1.165, 1.54) is 0 Å². The van der Waals surface area contributed by atoms with Crippen LogP contribution in [0.5, 0.6) is 0 Å². The van der Waals surface area contributed by atoms with Crippen molar-refractivity contribution in [1.29, 1.82) is 0 Å². The number of hydrogen-bond acceptors (Lipinski definition) is 4. The summed E-state index contributed by atoms with van der Waals surface area (Å²) in [6.45, 7) is 4.75. The van der Waals surface area contributed by atoms with E-state index < -0.39 is 0 Å². The van der Waals surface area contributed by atoms with Gasteiger partial charge in [0, 0.05) is 45.0 Å². The van der Waals surface area contributed by atoms with Crippen molar-refractivity contribution in [3.8, 4) is 5.69 Å². The summed E-state index contributed by atoms with van der Waals surface area (Å²) in [5.41, 5.74) is 8.11. The summed E-state index contributed by atoms with van der Waals surface area (Å²) in [6, 6.07) is 12.7. The number of piperazine rings is 1. The van der Waals surface area contributed by atoms with E-state index in [-0.39, 0.29) is 0 Å². The molecule has 1 aromatic carbocycles. The summed E-state index contributed by atoms with van der Waals surface area (Å²) >= 11 is 0. The van der Waals surface area contributed by atoms with E-state index in [4.69, 9.17) is 5.73 Å². The molecule has 2 aromatic rings. The van der Waals surface area contributed by atoms with Crippen LogP contribution in [0.25, 0.3) is 5.69 Å². The molecule has 5 nitrogen and oxygen atoms in total. The lowest BCUT2D eigenvalue weighted by Gasteiger charge is -2.39. The van der Waals surface area contributed by atoms with Crippen molar-refractivity contribution in [2.24, 2.45) is 5.73 Å². The summed E-state index contributed by atoms with van der Waals surface area (Å²) in [6.07, 6.45) is 2.03. The fraction of sp³-hybridized carbons (Fsp3) is 0.438. The smallest absolute Gasteiger partial charge is 0.0769 e. The highest BCUT2D eigenvalue weighted by molar-refractivity contribution is 5.30. The number of nitrogens with zero attached hydrogens (tertiary/aromatic N) is 4.